The Balaban J connectivity index is 2.88. The van der Waals surface area contributed by atoms with E-state index in [4.69, 9.17) is 5.11 Å². The van der Waals surface area contributed by atoms with Crippen LogP contribution in [0.2, 0.25) is 0 Å². The zero-order valence-corrected chi connectivity index (χ0v) is 9.86. The van der Waals surface area contributed by atoms with Gasteiger partial charge in [-0.05, 0) is 12.8 Å². The predicted molar refractivity (Wildman–Crippen MR) is 62.6 cm³/mol. The molecular formula is C11H12F2N2O4. The average Bonchev–Trinajstić information content (AvgIpc) is 2.32. The minimum absolute atomic E-state index is 0.0193. The maximum Gasteiger partial charge on any atom is 0.298 e. The van der Waals surface area contributed by atoms with Gasteiger partial charge in [-0.1, -0.05) is 0 Å². The lowest BCUT2D eigenvalue weighted by Crippen LogP contribution is -2.14. The van der Waals surface area contributed by atoms with Gasteiger partial charge in [-0.3, -0.25) is 14.9 Å². The van der Waals surface area contributed by atoms with E-state index in [9.17, 15) is 23.7 Å². The van der Waals surface area contributed by atoms with E-state index in [0.29, 0.717) is 25.0 Å². The van der Waals surface area contributed by atoms with Crippen molar-refractivity contribution in [3.63, 3.8) is 0 Å². The van der Waals surface area contributed by atoms with Gasteiger partial charge in [0, 0.05) is 19.1 Å². The monoisotopic (exact) mass is 274 g/mol. The first-order valence-corrected chi connectivity index (χ1v) is 5.50. The largest absolute Gasteiger partial charge is 0.396 e. The molecule has 1 aromatic rings. The maximum absolute atomic E-state index is 13.4. The van der Waals surface area contributed by atoms with Gasteiger partial charge in [0.15, 0.2) is 11.5 Å². The van der Waals surface area contributed by atoms with E-state index in [1.54, 1.807) is 0 Å². The van der Waals surface area contributed by atoms with Crippen molar-refractivity contribution in [2.24, 2.45) is 0 Å². The molecule has 0 bridgehead atoms. The summed E-state index contributed by atoms with van der Waals surface area (Å²) in [4.78, 5) is 21.1. The maximum atomic E-state index is 13.4. The Morgan fingerprint density at radius 1 is 1.37 bits per heavy atom. The quantitative estimate of drug-likeness (QED) is 0.471. The summed E-state index contributed by atoms with van der Waals surface area (Å²) in [6, 6.07) is 0.989. The molecule has 1 amide bonds. The van der Waals surface area contributed by atoms with E-state index in [1.165, 1.54) is 0 Å². The molecule has 104 valence electrons. The molecule has 0 fully saturated rings. The molecular weight excluding hydrogens is 262 g/mol. The molecule has 0 saturated heterocycles. The van der Waals surface area contributed by atoms with Gasteiger partial charge in [0.25, 0.3) is 5.69 Å². The molecule has 1 aromatic carbocycles. The second-order valence-corrected chi connectivity index (χ2v) is 3.77. The Morgan fingerprint density at radius 2 is 2.05 bits per heavy atom. The standard InChI is InChI=1S/C11H12F2N2O4/c12-7-5-8(13)11(9(6-7)15(18)19)14-10(17)3-1-2-4-16/h5-6,16H,1-4H2,(H,14,17). The van der Waals surface area contributed by atoms with Crippen molar-refractivity contribution in [2.45, 2.75) is 19.3 Å². The van der Waals surface area contributed by atoms with Crippen molar-refractivity contribution >= 4 is 17.3 Å². The van der Waals surface area contributed by atoms with Gasteiger partial charge in [0.2, 0.25) is 5.91 Å². The summed E-state index contributed by atoms with van der Waals surface area (Å²) in [5.41, 5.74) is -1.49. The average molecular weight is 274 g/mol. The molecule has 1 rings (SSSR count). The fourth-order valence-electron chi connectivity index (χ4n) is 1.43. The predicted octanol–water partition coefficient (Wildman–Crippen LogP) is 1.97. The number of hydrogen-bond donors (Lipinski definition) is 2. The number of rotatable bonds is 6. The van der Waals surface area contributed by atoms with Crippen molar-refractivity contribution in [1.29, 1.82) is 0 Å². The smallest absolute Gasteiger partial charge is 0.298 e. The second kappa shape index (κ2) is 6.74. The van der Waals surface area contributed by atoms with Gasteiger partial charge in [-0.25, -0.2) is 8.78 Å². The van der Waals surface area contributed by atoms with E-state index in [0.717, 1.165) is 0 Å². The van der Waals surface area contributed by atoms with E-state index < -0.39 is 33.8 Å². The third kappa shape index (κ3) is 4.25. The molecule has 0 aliphatic heterocycles. The summed E-state index contributed by atoms with van der Waals surface area (Å²) in [5.74, 6) is -2.94. The highest BCUT2D eigenvalue weighted by Gasteiger charge is 2.22. The number of nitrogens with one attached hydrogen (secondary N) is 1. The summed E-state index contributed by atoms with van der Waals surface area (Å²) in [5, 5.41) is 21.2. The molecule has 0 saturated carbocycles. The summed E-state index contributed by atoms with van der Waals surface area (Å²) in [7, 11) is 0. The number of aliphatic hydroxyl groups is 1. The molecule has 19 heavy (non-hydrogen) atoms. The lowest BCUT2D eigenvalue weighted by molar-refractivity contribution is -0.384. The fourth-order valence-corrected chi connectivity index (χ4v) is 1.43. The van der Waals surface area contributed by atoms with Crippen molar-refractivity contribution in [2.75, 3.05) is 11.9 Å². The van der Waals surface area contributed by atoms with E-state index in [1.807, 2.05) is 5.32 Å². The van der Waals surface area contributed by atoms with Gasteiger partial charge < -0.3 is 10.4 Å². The summed E-state index contributed by atoms with van der Waals surface area (Å²) < 4.78 is 26.3. The number of benzene rings is 1. The number of hydrogen-bond acceptors (Lipinski definition) is 4. The first kappa shape index (κ1) is 15.0. The van der Waals surface area contributed by atoms with Gasteiger partial charge in [-0.2, -0.15) is 0 Å². The number of amides is 1. The second-order valence-electron chi connectivity index (χ2n) is 3.77. The summed E-state index contributed by atoms with van der Waals surface area (Å²) in [6.07, 6.45) is 0.731. The first-order valence-electron chi connectivity index (χ1n) is 5.50. The Hall–Kier alpha value is -2.09. The summed E-state index contributed by atoms with van der Waals surface area (Å²) in [6.45, 7) is -0.0850. The van der Waals surface area contributed by atoms with Gasteiger partial charge >= 0.3 is 0 Å². The molecule has 0 aliphatic carbocycles. The number of halogens is 2. The van der Waals surface area contributed by atoms with Crippen LogP contribution >= 0.6 is 0 Å². The highest BCUT2D eigenvalue weighted by Crippen LogP contribution is 2.28. The van der Waals surface area contributed by atoms with E-state index in [-0.39, 0.29) is 13.0 Å². The van der Waals surface area contributed by atoms with Crippen LogP contribution in [-0.2, 0) is 4.79 Å². The Bertz CT molecular complexity index is 494. The van der Waals surface area contributed by atoms with Crippen LogP contribution in [0.5, 0.6) is 0 Å². The van der Waals surface area contributed by atoms with E-state index >= 15 is 0 Å². The minimum Gasteiger partial charge on any atom is -0.396 e. The molecule has 0 radical (unpaired) electrons. The lowest BCUT2D eigenvalue weighted by atomic mass is 10.2. The number of nitrogens with zero attached hydrogens (tertiary/aromatic N) is 1. The molecule has 0 unspecified atom stereocenters. The minimum atomic E-state index is -1.21. The molecule has 0 spiro atoms. The highest BCUT2D eigenvalue weighted by atomic mass is 19.1. The van der Waals surface area contributed by atoms with Crippen LogP contribution < -0.4 is 5.32 Å². The number of carbonyl (C=O) groups is 1. The van der Waals surface area contributed by atoms with Crippen molar-refractivity contribution in [1.82, 2.24) is 0 Å². The van der Waals surface area contributed by atoms with Crippen LogP contribution in [0, 0.1) is 21.7 Å². The third-order valence-corrected chi connectivity index (χ3v) is 2.31. The number of nitro groups is 1. The van der Waals surface area contributed by atoms with Gasteiger partial charge in [0.1, 0.15) is 5.82 Å². The van der Waals surface area contributed by atoms with Gasteiger partial charge in [-0.15, -0.1) is 0 Å². The van der Waals surface area contributed by atoms with Crippen molar-refractivity contribution < 1.29 is 23.6 Å². The number of carbonyl (C=O) groups excluding carboxylic acids is 1. The van der Waals surface area contributed by atoms with Crippen LogP contribution in [-0.4, -0.2) is 22.5 Å². The van der Waals surface area contributed by atoms with Crippen molar-refractivity contribution in [3.8, 4) is 0 Å². The summed E-state index contributed by atoms with van der Waals surface area (Å²) >= 11 is 0. The first-order chi connectivity index (χ1) is 8.95. The molecule has 6 nitrogen and oxygen atoms in total. The van der Waals surface area contributed by atoms with Gasteiger partial charge in [0.05, 0.1) is 11.0 Å². The molecule has 0 aromatic heterocycles. The van der Waals surface area contributed by atoms with Crippen LogP contribution in [0.15, 0.2) is 12.1 Å². The van der Waals surface area contributed by atoms with E-state index in [2.05, 4.69) is 0 Å². The number of aliphatic hydroxyl groups excluding tert-OH is 1. The molecule has 0 aliphatic rings. The zero-order chi connectivity index (χ0) is 14.4. The zero-order valence-electron chi connectivity index (χ0n) is 9.86. The SMILES string of the molecule is O=C(CCCCO)Nc1c(F)cc(F)cc1[N+](=O)[O-]. The topological polar surface area (TPSA) is 92.5 Å². The number of anilines is 1. The number of nitro benzene ring substituents is 1. The Labute approximate surface area is 107 Å². The third-order valence-electron chi connectivity index (χ3n) is 2.31. The highest BCUT2D eigenvalue weighted by molar-refractivity contribution is 5.93. The molecule has 8 heteroatoms. The normalized spacial score (nSPS) is 10.3. The van der Waals surface area contributed by atoms with Crippen LogP contribution in [0.1, 0.15) is 19.3 Å². The number of unbranched alkanes of at least 4 members (excludes halogenated alkanes) is 1. The van der Waals surface area contributed by atoms with Crippen LogP contribution in [0.25, 0.3) is 0 Å². The van der Waals surface area contributed by atoms with Crippen molar-refractivity contribution in [3.05, 3.63) is 33.9 Å². The Morgan fingerprint density at radius 3 is 2.63 bits per heavy atom. The molecule has 2 N–H and O–H groups in total. The molecule has 0 atom stereocenters. The van der Waals surface area contributed by atoms with Crippen LogP contribution in [0.4, 0.5) is 20.2 Å². The Kier molecular flexibility index (Phi) is 5.31. The van der Waals surface area contributed by atoms with Crippen LogP contribution in [0.3, 0.4) is 0 Å². The lowest BCUT2D eigenvalue weighted by Gasteiger charge is -2.07. The fraction of sp³-hybridized carbons (Fsp3) is 0.364. The molecule has 0 heterocycles.